The molecule has 2 bridgehead atoms. The molecular weight excluding hydrogens is 415 g/mol. The van der Waals surface area contributed by atoms with Crippen LogP contribution in [0.25, 0.3) is 0 Å². The first-order chi connectivity index (χ1) is 15.6. The molecule has 0 aromatic heterocycles. The zero-order valence-electron chi connectivity index (χ0n) is 20.7. The van der Waals surface area contributed by atoms with Crippen LogP contribution in [0.3, 0.4) is 0 Å². The lowest BCUT2D eigenvalue weighted by Crippen LogP contribution is -2.65. The third kappa shape index (κ3) is 4.72. The Balaban J connectivity index is 1.48. The van der Waals surface area contributed by atoms with Crippen LogP contribution < -0.4 is 10.6 Å². The molecule has 0 unspecified atom stereocenters. The van der Waals surface area contributed by atoms with Crippen LogP contribution in [0.1, 0.15) is 72.3 Å². The molecule has 2 N–H and O–H groups in total. The molecule has 6 atom stereocenters. The molecule has 0 spiro atoms. The summed E-state index contributed by atoms with van der Waals surface area (Å²) in [5.41, 5.74) is 0.974. The van der Waals surface area contributed by atoms with Crippen molar-refractivity contribution in [3.63, 3.8) is 0 Å². The number of amides is 2. The van der Waals surface area contributed by atoms with E-state index in [-0.39, 0.29) is 34.9 Å². The molecule has 4 aliphatic rings. The van der Waals surface area contributed by atoms with Gasteiger partial charge < -0.3 is 19.9 Å². The van der Waals surface area contributed by atoms with Crippen LogP contribution in [-0.2, 0) is 25.3 Å². The molecule has 4 fully saturated rings. The summed E-state index contributed by atoms with van der Waals surface area (Å²) in [6, 6.07) is 9.13. The molecule has 33 heavy (non-hydrogen) atoms. The molecule has 1 aromatic rings. The number of nitrogens with one attached hydrogen (secondary N) is 2. The molecule has 6 nitrogen and oxygen atoms in total. The van der Waals surface area contributed by atoms with Crippen molar-refractivity contribution in [2.45, 2.75) is 96.8 Å². The van der Waals surface area contributed by atoms with Crippen molar-refractivity contribution >= 4 is 18.9 Å². The van der Waals surface area contributed by atoms with Crippen LogP contribution >= 0.6 is 0 Å². The Bertz CT molecular complexity index is 863. The van der Waals surface area contributed by atoms with Gasteiger partial charge in [-0.1, -0.05) is 63.9 Å². The molecule has 5 rings (SSSR count). The molecule has 180 valence electrons. The summed E-state index contributed by atoms with van der Waals surface area (Å²) >= 11 is 0. The van der Waals surface area contributed by atoms with Crippen LogP contribution in [0.2, 0.25) is 0 Å². The van der Waals surface area contributed by atoms with E-state index in [9.17, 15) is 9.59 Å². The smallest absolute Gasteiger partial charge is 0.404 e. The minimum Gasteiger partial charge on any atom is -0.404 e. The number of hydrogen-bond donors (Lipinski definition) is 2. The number of hydrogen-bond acceptors (Lipinski definition) is 4. The molecule has 0 radical (unpaired) electrons. The van der Waals surface area contributed by atoms with Crippen molar-refractivity contribution in [2.24, 2.45) is 17.3 Å². The molecule has 1 aromatic carbocycles. The third-order valence-electron chi connectivity index (χ3n) is 8.47. The summed E-state index contributed by atoms with van der Waals surface area (Å²) in [6.45, 7) is 10.5. The van der Waals surface area contributed by atoms with Gasteiger partial charge in [0, 0.05) is 13.3 Å². The fourth-order valence-electron chi connectivity index (χ4n) is 6.36. The maximum absolute atomic E-state index is 13.3. The summed E-state index contributed by atoms with van der Waals surface area (Å²) in [4.78, 5) is 25.2. The summed E-state index contributed by atoms with van der Waals surface area (Å²) < 4.78 is 13.1. The average Bonchev–Trinajstić information content (AvgIpc) is 3.13. The first kappa shape index (κ1) is 24.3. The van der Waals surface area contributed by atoms with Gasteiger partial charge in [0.25, 0.3) is 0 Å². The highest BCUT2D eigenvalue weighted by Gasteiger charge is 2.68. The van der Waals surface area contributed by atoms with Crippen molar-refractivity contribution < 1.29 is 18.9 Å². The van der Waals surface area contributed by atoms with Gasteiger partial charge in [-0.2, -0.15) is 0 Å². The average molecular weight is 454 g/mol. The lowest BCUT2D eigenvalue weighted by Gasteiger charge is -2.64. The Morgan fingerprint density at radius 1 is 1.15 bits per heavy atom. The van der Waals surface area contributed by atoms with E-state index >= 15 is 0 Å². The minimum atomic E-state index is -0.639. The van der Waals surface area contributed by atoms with Gasteiger partial charge >= 0.3 is 7.12 Å². The van der Waals surface area contributed by atoms with E-state index in [0.29, 0.717) is 18.3 Å². The third-order valence-corrected chi connectivity index (χ3v) is 8.47. The molecule has 1 heterocycles. The van der Waals surface area contributed by atoms with Gasteiger partial charge in [0.15, 0.2) is 0 Å². The van der Waals surface area contributed by atoms with Gasteiger partial charge in [-0.3, -0.25) is 9.59 Å². The van der Waals surface area contributed by atoms with Crippen molar-refractivity contribution in [1.29, 1.82) is 0 Å². The monoisotopic (exact) mass is 454 g/mol. The van der Waals surface area contributed by atoms with Gasteiger partial charge in [0.2, 0.25) is 11.8 Å². The number of carbonyl (C=O) groups excluding carboxylic acids is 2. The zero-order chi connectivity index (χ0) is 23.8. The highest BCUT2D eigenvalue weighted by molar-refractivity contribution is 6.47. The summed E-state index contributed by atoms with van der Waals surface area (Å²) in [6.07, 6.45) is 5.52. The van der Waals surface area contributed by atoms with Gasteiger partial charge in [-0.05, 0) is 49.0 Å². The highest BCUT2D eigenvalue weighted by Crippen LogP contribution is 2.65. The van der Waals surface area contributed by atoms with Crippen molar-refractivity contribution in [3.8, 4) is 0 Å². The standard InChI is InChI=1S/C26H39BN2O4/c1-6-7-13-23(27-32-22-16-19-15-21(25(19,3)4)26(22,5)33-27)29-24(31)20(28-17(2)30)14-18-11-9-8-10-12-18/h8-12,19-23H,6-7,13-16H2,1-5H3,(H,28,30)(H,29,31)/t19-,20-,21-,22+,23-,26-/m0/s1. The van der Waals surface area contributed by atoms with Gasteiger partial charge in [-0.15, -0.1) is 0 Å². The van der Waals surface area contributed by atoms with Crippen LogP contribution in [-0.4, -0.2) is 42.6 Å². The fraction of sp³-hybridized carbons (Fsp3) is 0.692. The van der Waals surface area contributed by atoms with Gasteiger partial charge in [0.05, 0.1) is 17.6 Å². The molecule has 3 aliphatic carbocycles. The predicted octanol–water partition coefficient (Wildman–Crippen LogP) is 3.68. The first-order valence-electron chi connectivity index (χ1n) is 12.6. The van der Waals surface area contributed by atoms with E-state index in [0.717, 1.165) is 31.2 Å². The van der Waals surface area contributed by atoms with Gasteiger partial charge in [-0.25, -0.2) is 0 Å². The maximum atomic E-state index is 13.3. The Kier molecular flexibility index (Phi) is 6.93. The Hall–Kier alpha value is -1.86. The lowest BCUT2D eigenvalue weighted by atomic mass is 9.43. The number of carbonyl (C=O) groups is 2. The Morgan fingerprint density at radius 2 is 1.88 bits per heavy atom. The largest absolute Gasteiger partial charge is 0.481 e. The molecular formula is C26H39BN2O4. The van der Waals surface area contributed by atoms with Gasteiger partial charge in [0.1, 0.15) is 6.04 Å². The SMILES string of the molecule is CCCC[C@H](NC(=O)[C@H](Cc1ccccc1)NC(C)=O)B1O[C@@H]2C[C@@H]3C[C@@H](C3(C)C)[C@]2(C)O1. The van der Waals surface area contributed by atoms with Crippen molar-refractivity contribution in [2.75, 3.05) is 0 Å². The van der Waals surface area contributed by atoms with E-state index in [1.54, 1.807) is 0 Å². The lowest BCUT2D eigenvalue weighted by molar-refractivity contribution is -0.199. The quantitative estimate of drug-likeness (QED) is 0.559. The number of benzene rings is 1. The van der Waals surface area contributed by atoms with Crippen molar-refractivity contribution in [1.82, 2.24) is 10.6 Å². The molecule has 2 amide bonds. The number of unbranched alkanes of at least 4 members (excludes halogenated alkanes) is 1. The van der Waals surface area contributed by atoms with E-state index in [4.69, 9.17) is 9.31 Å². The normalized spacial score (nSPS) is 31.2. The van der Waals surface area contributed by atoms with E-state index in [2.05, 4.69) is 38.3 Å². The van der Waals surface area contributed by atoms with E-state index in [1.165, 1.54) is 13.3 Å². The first-order valence-corrected chi connectivity index (χ1v) is 12.6. The molecule has 3 saturated carbocycles. The Morgan fingerprint density at radius 3 is 2.52 bits per heavy atom. The highest BCUT2D eigenvalue weighted by atomic mass is 16.7. The predicted molar refractivity (Wildman–Crippen MR) is 129 cm³/mol. The summed E-state index contributed by atoms with van der Waals surface area (Å²) in [5, 5.41) is 6.02. The van der Waals surface area contributed by atoms with Crippen LogP contribution in [0.5, 0.6) is 0 Å². The van der Waals surface area contributed by atoms with Crippen molar-refractivity contribution in [3.05, 3.63) is 35.9 Å². The van der Waals surface area contributed by atoms with E-state index in [1.807, 2.05) is 30.3 Å². The molecule has 1 saturated heterocycles. The fourth-order valence-corrected chi connectivity index (χ4v) is 6.36. The van der Waals surface area contributed by atoms with Crippen LogP contribution in [0.4, 0.5) is 0 Å². The minimum absolute atomic E-state index is 0.0794. The zero-order valence-corrected chi connectivity index (χ0v) is 20.7. The van der Waals surface area contributed by atoms with Crippen LogP contribution in [0, 0.1) is 17.3 Å². The topological polar surface area (TPSA) is 76.7 Å². The molecule has 1 aliphatic heterocycles. The maximum Gasteiger partial charge on any atom is 0.481 e. The second kappa shape index (κ2) is 9.42. The second-order valence-corrected chi connectivity index (χ2v) is 11.0. The summed E-state index contributed by atoms with van der Waals surface area (Å²) in [5.74, 6) is 0.512. The van der Waals surface area contributed by atoms with Crippen LogP contribution in [0.15, 0.2) is 30.3 Å². The second-order valence-electron chi connectivity index (χ2n) is 11.0. The molecule has 7 heteroatoms. The number of rotatable bonds is 9. The Labute approximate surface area is 198 Å². The van der Waals surface area contributed by atoms with E-state index < -0.39 is 13.2 Å². The summed E-state index contributed by atoms with van der Waals surface area (Å²) in [7, 11) is -0.458.